The molecule has 2 rings (SSSR count). The van der Waals surface area contributed by atoms with E-state index in [-0.39, 0.29) is 5.82 Å². The van der Waals surface area contributed by atoms with E-state index >= 15 is 0 Å². The Labute approximate surface area is 126 Å². The summed E-state index contributed by atoms with van der Waals surface area (Å²) in [6.07, 6.45) is 2.96. The Morgan fingerprint density at radius 2 is 1.86 bits per heavy atom. The van der Waals surface area contributed by atoms with E-state index in [0.29, 0.717) is 12.0 Å². The highest BCUT2D eigenvalue weighted by Gasteiger charge is 2.12. The Morgan fingerprint density at radius 3 is 2.48 bits per heavy atom. The van der Waals surface area contributed by atoms with Gasteiger partial charge in [-0.25, -0.2) is 4.39 Å². The lowest BCUT2D eigenvalue weighted by atomic mass is 10.0. The first-order valence-electron chi connectivity index (χ1n) is 7.46. The van der Waals surface area contributed by atoms with Gasteiger partial charge >= 0.3 is 0 Å². The molecule has 1 unspecified atom stereocenters. The van der Waals surface area contributed by atoms with Crippen molar-refractivity contribution in [2.24, 2.45) is 7.05 Å². The molecule has 1 aromatic heterocycles. The van der Waals surface area contributed by atoms with Gasteiger partial charge in [0.15, 0.2) is 0 Å². The summed E-state index contributed by atoms with van der Waals surface area (Å²) < 4.78 is 14.8. The van der Waals surface area contributed by atoms with Crippen LogP contribution in [0.1, 0.15) is 43.5 Å². The second kappa shape index (κ2) is 6.85. The van der Waals surface area contributed by atoms with Crippen LogP contribution in [-0.2, 0) is 20.0 Å². The van der Waals surface area contributed by atoms with Crippen LogP contribution in [0.15, 0.2) is 30.5 Å². The molecular formula is C17H24FN3. The number of hydrogen-bond donors (Lipinski definition) is 1. The zero-order valence-electron chi connectivity index (χ0n) is 13.2. The van der Waals surface area contributed by atoms with E-state index in [1.807, 2.05) is 23.9 Å². The molecule has 3 nitrogen and oxygen atoms in total. The molecule has 0 aliphatic carbocycles. The highest BCUT2D eigenvalue weighted by molar-refractivity contribution is 5.20. The predicted octanol–water partition coefficient (Wildman–Crippen LogP) is 3.40. The molecule has 0 radical (unpaired) electrons. The standard InChI is InChI=1S/C17H24FN3/c1-12(2)17-15(11-21(4)20-17)10-19-13(3)9-14-5-7-16(18)8-6-14/h5-8,11-13,19H,9-10H2,1-4H3. The van der Waals surface area contributed by atoms with E-state index < -0.39 is 0 Å². The van der Waals surface area contributed by atoms with E-state index in [1.165, 1.54) is 17.7 Å². The van der Waals surface area contributed by atoms with Crippen LogP contribution < -0.4 is 5.32 Å². The summed E-state index contributed by atoms with van der Waals surface area (Å²) in [5.74, 6) is 0.242. The first-order valence-corrected chi connectivity index (χ1v) is 7.46. The van der Waals surface area contributed by atoms with Crippen molar-refractivity contribution in [2.45, 2.75) is 45.7 Å². The topological polar surface area (TPSA) is 29.9 Å². The first kappa shape index (κ1) is 15.7. The summed E-state index contributed by atoms with van der Waals surface area (Å²) in [4.78, 5) is 0. The van der Waals surface area contributed by atoms with Crippen LogP contribution in [0.25, 0.3) is 0 Å². The van der Waals surface area contributed by atoms with Crippen LogP contribution in [0.5, 0.6) is 0 Å². The van der Waals surface area contributed by atoms with Gasteiger partial charge in [-0.2, -0.15) is 5.10 Å². The molecule has 114 valence electrons. The van der Waals surface area contributed by atoms with Crippen LogP contribution in [0, 0.1) is 5.82 Å². The average Bonchev–Trinajstić information content (AvgIpc) is 2.80. The highest BCUT2D eigenvalue weighted by atomic mass is 19.1. The maximum Gasteiger partial charge on any atom is 0.123 e. The van der Waals surface area contributed by atoms with Crippen molar-refractivity contribution in [3.05, 3.63) is 53.1 Å². The van der Waals surface area contributed by atoms with Crippen LogP contribution in [0.3, 0.4) is 0 Å². The van der Waals surface area contributed by atoms with Crippen molar-refractivity contribution < 1.29 is 4.39 Å². The number of nitrogens with zero attached hydrogens (tertiary/aromatic N) is 2. The Hall–Kier alpha value is -1.68. The fraction of sp³-hybridized carbons (Fsp3) is 0.471. The third-order valence-electron chi connectivity index (χ3n) is 3.58. The predicted molar refractivity (Wildman–Crippen MR) is 83.7 cm³/mol. The minimum atomic E-state index is -0.184. The van der Waals surface area contributed by atoms with Gasteiger partial charge in [-0.05, 0) is 37.0 Å². The Kier molecular flexibility index (Phi) is 5.12. The molecule has 0 amide bonds. The Balaban J connectivity index is 1.92. The molecule has 4 heteroatoms. The fourth-order valence-electron chi connectivity index (χ4n) is 2.51. The quantitative estimate of drug-likeness (QED) is 0.883. The molecule has 1 aromatic carbocycles. The Morgan fingerprint density at radius 1 is 1.19 bits per heavy atom. The second-order valence-corrected chi connectivity index (χ2v) is 5.98. The number of hydrogen-bond acceptors (Lipinski definition) is 2. The van der Waals surface area contributed by atoms with Gasteiger partial charge < -0.3 is 5.32 Å². The number of halogens is 1. The average molecular weight is 289 g/mol. The normalized spacial score (nSPS) is 12.9. The molecule has 0 aliphatic rings. The summed E-state index contributed by atoms with van der Waals surface area (Å²) in [6.45, 7) is 7.28. The molecule has 0 aliphatic heterocycles. The number of benzene rings is 1. The van der Waals surface area contributed by atoms with E-state index in [2.05, 4.69) is 37.4 Å². The third-order valence-corrected chi connectivity index (χ3v) is 3.58. The van der Waals surface area contributed by atoms with Crippen LogP contribution in [-0.4, -0.2) is 15.8 Å². The SMILES string of the molecule is CC(Cc1ccc(F)cc1)NCc1cn(C)nc1C(C)C. The van der Waals surface area contributed by atoms with Gasteiger partial charge in [-0.1, -0.05) is 26.0 Å². The summed E-state index contributed by atoms with van der Waals surface area (Å²) in [5.41, 5.74) is 3.55. The molecule has 1 heterocycles. The van der Waals surface area contributed by atoms with Gasteiger partial charge in [-0.3, -0.25) is 4.68 Å². The molecule has 21 heavy (non-hydrogen) atoms. The fourth-order valence-corrected chi connectivity index (χ4v) is 2.51. The van der Waals surface area contributed by atoms with Crippen molar-refractivity contribution in [1.82, 2.24) is 15.1 Å². The third kappa shape index (κ3) is 4.39. The minimum absolute atomic E-state index is 0.184. The molecule has 1 atom stereocenters. The van der Waals surface area contributed by atoms with Crippen molar-refractivity contribution in [3.8, 4) is 0 Å². The highest BCUT2D eigenvalue weighted by Crippen LogP contribution is 2.17. The zero-order valence-corrected chi connectivity index (χ0v) is 13.2. The molecule has 0 saturated carbocycles. The van der Waals surface area contributed by atoms with E-state index in [9.17, 15) is 4.39 Å². The van der Waals surface area contributed by atoms with Crippen LogP contribution in [0.2, 0.25) is 0 Å². The maximum atomic E-state index is 12.9. The zero-order chi connectivity index (χ0) is 15.4. The first-order chi connectivity index (χ1) is 9.95. The molecular weight excluding hydrogens is 265 g/mol. The molecule has 2 aromatic rings. The number of rotatable bonds is 6. The lowest BCUT2D eigenvalue weighted by Gasteiger charge is -2.14. The lowest BCUT2D eigenvalue weighted by Crippen LogP contribution is -2.27. The van der Waals surface area contributed by atoms with Gasteiger partial charge in [0.1, 0.15) is 5.82 Å². The van der Waals surface area contributed by atoms with Gasteiger partial charge in [0.2, 0.25) is 0 Å². The number of aromatic nitrogens is 2. The van der Waals surface area contributed by atoms with Crippen molar-refractivity contribution in [1.29, 1.82) is 0 Å². The van der Waals surface area contributed by atoms with E-state index in [0.717, 1.165) is 24.2 Å². The summed E-state index contributed by atoms with van der Waals surface area (Å²) in [7, 11) is 1.96. The molecule has 0 fully saturated rings. The molecule has 1 N–H and O–H groups in total. The van der Waals surface area contributed by atoms with Crippen molar-refractivity contribution >= 4 is 0 Å². The largest absolute Gasteiger partial charge is 0.310 e. The minimum Gasteiger partial charge on any atom is -0.310 e. The number of nitrogens with one attached hydrogen (secondary N) is 1. The van der Waals surface area contributed by atoms with Gasteiger partial charge in [0.25, 0.3) is 0 Å². The molecule has 0 bridgehead atoms. The van der Waals surface area contributed by atoms with Gasteiger partial charge in [0.05, 0.1) is 5.69 Å². The smallest absolute Gasteiger partial charge is 0.123 e. The van der Waals surface area contributed by atoms with Crippen molar-refractivity contribution in [3.63, 3.8) is 0 Å². The number of aryl methyl sites for hydroxylation is 1. The van der Waals surface area contributed by atoms with Crippen molar-refractivity contribution in [2.75, 3.05) is 0 Å². The molecule has 0 saturated heterocycles. The lowest BCUT2D eigenvalue weighted by molar-refractivity contribution is 0.541. The van der Waals surface area contributed by atoms with Crippen LogP contribution in [0.4, 0.5) is 4.39 Å². The summed E-state index contributed by atoms with van der Waals surface area (Å²) >= 11 is 0. The summed E-state index contributed by atoms with van der Waals surface area (Å²) in [6, 6.07) is 7.05. The molecule has 0 spiro atoms. The van der Waals surface area contributed by atoms with Gasteiger partial charge in [-0.15, -0.1) is 0 Å². The van der Waals surface area contributed by atoms with E-state index in [4.69, 9.17) is 0 Å². The Bertz CT molecular complexity index is 572. The van der Waals surface area contributed by atoms with E-state index in [1.54, 1.807) is 0 Å². The maximum absolute atomic E-state index is 12.9. The monoisotopic (exact) mass is 289 g/mol. The van der Waals surface area contributed by atoms with Crippen LogP contribution >= 0.6 is 0 Å². The second-order valence-electron chi connectivity index (χ2n) is 5.98. The van der Waals surface area contributed by atoms with Gasteiger partial charge in [0, 0.05) is 31.4 Å². The summed E-state index contributed by atoms with van der Waals surface area (Å²) in [5, 5.41) is 8.04.